The average molecular weight is 659 g/mol. The maximum Gasteiger partial charge on any atom is -0.255 e. The first-order chi connectivity index (χ1) is 19.7. The molecule has 0 aromatic carbocycles. The van der Waals surface area contributed by atoms with Crippen LogP contribution in [0.2, 0.25) is 0 Å². The summed E-state index contributed by atoms with van der Waals surface area (Å²) in [6.07, 6.45) is 3.94. The monoisotopic (exact) mass is 659 g/mol. The van der Waals surface area contributed by atoms with Crippen molar-refractivity contribution in [3.63, 3.8) is 0 Å². The minimum absolute atomic E-state index is 0.0324. The van der Waals surface area contributed by atoms with Crippen LogP contribution >= 0.6 is 11.9 Å². The summed E-state index contributed by atoms with van der Waals surface area (Å²) in [5, 5.41) is 24.7. The quantitative estimate of drug-likeness (QED) is 0.0983. The summed E-state index contributed by atoms with van der Waals surface area (Å²) < 4.78 is 38.7. The maximum atomic E-state index is 13.6. The van der Waals surface area contributed by atoms with E-state index in [1.54, 1.807) is 11.9 Å². The van der Waals surface area contributed by atoms with Crippen molar-refractivity contribution in [1.82, 2.24) is 14.3 Å². The minimum Gasteiger partial charge on any atom is -0.255 e. The van der Waals surface area contributed by atoms with E-state index in [2.05, 4.69) is 57.0 Å². The molecule has 0 unspecified atom stereocenters. The topological polar surface area (TPSA) is 133 Å². The van der Waals surface area contributed by atoms with Crippen LogP contribution in [0, 0.1) is 5.41 Å². The zero-order chi connectivity index (χ0) is 29.4. The van der Waals surface area contributed by atoms with Gasteiger partial charge in [0.1, 0.15) is 0 Å². The van der Waals surface area contributed by atoms with Crippen molar-refractivity contribution in [3.8, 4) is 0 Å². The van der Waals surface area contributed by atoms with Gasteiger partial charge in [0.25, 0.3) is 0 Å². The Morgan fingerprint density at radius 1 is 1.29 bits per heavy atom. The van der Waals surface area contributed by atoms with E-state index in [0.29, 0.717) is 11.2 Å². The number of rotatable bonds is 10. The van der Waals surface area contributed by atoms with Crippen molar-refractivity contribution in [2.24, 2.45) is 21.4 Å². The molecule has 0 amide bonds. The Morgan fingerprint density at radius 3 is 2.56 bits per heavy atom. The summed E-state index contributed by atoms with van der Waals surface area (Å²) in [5.41, 5.74) is 9.94. The summed E-state index contributed by atoms with van der Waals surface area (Å²) in [4.78, 5) is 3.54. The van der Waals surface area contributed by atoms with E-state index in [0.717, 1.165) is 72.9 Å². The molecule has 2 atom stereocenters. The summed E-state index contributed by atoms with van der Waals surface area (Å²) >= 11 is 1.12. The Labute approximate surface area is 249 Å². The van der Waals surface area contributed by atoms with Crippen LogP contribution in [0.15, 0.2) is 27.2 Å². The van der Waals surface area contributed by atoms with Gasteiger partial charge in [-0.1, -0.05) is 0 Å². The van der Waals surface area contributed by atoms with Crippen LogP contribution in [0.4, 0.5) is 14.6 Å². The number of alkyl halides is 2. The number of ether oxygens (including phenoxy) is 1. The molecule has 4 aliphatic rings. The molecule has 2 saturated carbocycles. The van der Waals surface area contributed by atoms with Crippen molar-refractivity contribution in [3.05, 3.63) is 23.4 Å². The fourth-order valence-electron chi connectivity index (χ4n) is 5.76. The molecule has 2 saturated heterocycles. The molecule has 6 rings (SSSR count). The Morgan fingerprint density at radius 2 is 2.00 bits per heavy atom. The third-order valence-electron chi connectivity index (χ3n) is 8.85. The molecule has 10 nitrogen and oxygen atoms in total. The molecule has 0 bridgehead atoms. The Balaban J connectivity index is 0.00000165. The van der Waals surface area contributed by atoms with E-state index in [-0.39, 0.29) is 27.7 Å². The fraction of sp³-hybridized carbons (Fsp3) is 0.667. The molecule has 41 heavy (non-hydrogen) atoms. The number of pyridine rings is 1. The van der Waals surface area contributed by atoms with Crippen LogP contribution in [0.3, 0.4) is 0 Å². The number of piperidine rings is 1. The van der Waals surface area contributed by atoms with E-state index in [1.807, 2.05) is 0 Å². The number of hydrogen-bond acceptors (Lipinski definition) is 10. The van der Waals surface area contributed by atoms with Crippen LogP contribution in [0.5, 0.6) is 0 Å². The summed E-state index contributed by atoms with van der Waals surface area (Å²) in [7, 11) is 0. The predicted octanol–water partition coefficient (Wildman–Crippen LogP) is 4.19. The third-order valence-corrected chi connectivity index (χ3v) is 12.0. The second-order valence-corrected chi connectivity index (χ2v) is 14.8. The van der Waals surface area contributed by atoms with Crippen molar-refractivity contribution in [2.45, 2.75) is 92.6 Å². The van der Waals surface area contributed by atoms with Crippen molar-refractivity contribution in [1.29, 1.82) is 0 Å². The van der Waals surface area contributed by atoms with Crippen molar-refractivity contribution >= 4 is 49.6 Å². The fourth-order valence-corrected chi connectivity index (χ4v) is 8.41. The van der Waals surface area contributed by atoms with Crippen LogP contribution in [-0.2, 0) is 10.1 Å². The van der Waals surface area contributed by atoms with Gasteiger partial charge in [-0.15, -0.1) is 0 Å². The Hall–Kier alpha value is -1.64. The second-order valence-electron chi connectivity index (χ2n) is 11.8. The predicted molar refractivity (Wildman–Crippen MR) is 159 cm³/mol. The molecule has 4 heterocycles. The van der Waals surface area contributed by atoms with Gasteiger partial charge < -0.3 is 0 Å². The van der Waals surface area contributed by atoms with Gasteiger partial charge in [0.05, 0.1) is 0 Å². The van der Waals surface area contributed by atoms with Crippen molar-refractivity contribution < 1.29 is 24.0 Å². The molecule has 2 aromatic rings. The summed E-state index contributed by atoms with van der Waals surface area (Å²) in [6, 6.07) is 4.46. The molecule has 14 heteroatoms. The number of halogens is 2. The number of nitrogens with two attached hydrogens (primary N) is 1. The van der Waals surface area contributed by atoms with Gasteiger partial charge in [-0.05, 0) is 0 Å². The van der Waals surface area contributed by atoms with Gasteiger partial charge in [0.2, 0.25) is 0 Å². The van der Waals surface area contributed by atoms with Gasteiger partial charge in [-0.2, -0.15) is 0 Å². The molecule has 5 N–H and O–H groups in total. The van der Waals surface area contributed by atoms with Crippen LogP contribution in [-0.4, -0.2) is 90.2 Å². The smallest absolute Gasteiger partial charge is 0.255 e. The molecule has 2 aliphatic heterocycles. The van der Waals surface area contributed by atoms with E-state index in [4.69, 9.17) is 26.1 Å². The molecule has 2 aromatic heterocycles. The zero-order valence-electron chi connectivity index (χ0n) is 23.4. The largest absolute Gasteiger partial charge is 0.255 e. The zero-order valence-corrected chi connectivity index (χ0v) is 26.0. The first-order valence-electron chi connectivity index (χ1n) is 14.0. The molecule has 1 spiro atoms. The van der Waals surface area contributed by atoms with Crippen molar-refractivity contribution in [2.75, 3.05) is 24.6 Å². The summed E-state index contributed by atoms with van der Waals surface area (Å²) in [6.45, 7) is 10.1. The van der Waals surface area contributed by atoms with Crippen LogP contribution in [0.1, 0.15) is 69.5 Å². The van der Waals surface area contributed by atoms with Gasteiger partial charge >= 0.3 is 239 Å². The first-order valence-corrected chi connectivity index (χ1v) is 16.9. The van der Waals surface area contributed by atoms with Gasteiger partial charge in [0.15, 0.2) is 0 Å². The first kappa shape index (κ1) is 30.8. The molecular formula is C27H39F2N7O3SSe. The van der Waals surface area contributed by atoms with E-state index < -0.39 is 21.4 Å². The Kier molecular flexibility index (Phi) is 9.42. The normalized spacial score (nSPS) is 25.1. The second kappa shape index (κ2) is 12.5. The molecule has 0 radical (unpaired) electrons. The van der Waals surface area contributed by atoms with E-state index in [9.17, 15) is 8.78 Å². The summed E-state index contributed by atoms with van der Waals surface area (Å²) in [5.74, 6) is 1.46. The van der Waals surface area contributed by atoms with E-state index >= 15 is 0 Å². The number of hydrogen-bond donors (Lipinski definition) is 4. The van der Waals surface area contributed by atoms with Gasteiger partial charge in [0, 0.05) is 0 Å². The number of nitrogens with one attached hydrogen (secondary N) is 1. The van der Waals surface area contributed by atoms with Crippen LogP contribution in [0.25, 0.3) is 5.52 Å². The maximum absolute atomic E-state index is 13.6. The van der Waals surface area contributed by atoms with Gasteiger partial charge in [-0.25, -0.2) is 0 Å². The molecule has 2 aliphatic carbocycles. The average Bonchev–Trinajstić information content (AvgIpc) is 3.91. The number of aromatic nitrogens is 2. The standard InChI is InChI=1S/C27H37F2N7OSSe.H2O2/c1-16-23(30)27(15-37-16)8-10-35(11-9-27)21-13-18(38-34-26(2)6-7-26)12-20-19(14-39-25(24(28)29)32-31-3)22(17-4-5-17)33-36(20)21;1-2/h12-13,16-17,23-24,34H,3-11,14-15,30H2,1-2H3;1-2H/b32-25-;/t16-,23+;/m1./s1. The minimum atomic E-state index is -2.62. The van der Waals surface area contributed by atoms with Gasteiger partial charge in [-0.3, -0.25) is 10.5 Å². The SMILES string of the molecule is C=N/N=C(\[Se]Cc1c(C2CC2)nn2c(N3CCC4(CC3)CO[C@H](C)[C@@H]4N)cc(SNC3(C)CC3)cc12)C(F)F.OO. The number of fused-ring (bicyclic) bond motifs is 1. The molecular weight excluding hydrogens is 619 g/mol. The van der Waals surface area contributed by atoms with Crippen LogP contribution < -0.4 is 15.4 Å². The van der Waals surface area contributed by atoms with E-state index in [1.165, 1.54) is 12.8 Å². The molecule has 226 valence electrons. The number of nitrogens with zero attached hydrogens (tertiary/aromatic N) is 5. The number of anilines is 1. The molecule has 4 fully saturated rings. The third kappa shape index (κ3) is 6.50. The Bertz CT molecular complexity index is 1280.